The summed E-state index contributed by atoms with van der Waals surface area (Å²) in [7, 11) is -3.52. The summed E-state index contributed by atoms with van der Waals surface area (Å²) in [6.45, 7) is 5.73. The molecular weight excluding hydrogens is 272 g/mol. The van der Waals surface area contributed by atoms with Crippen LogP contribution in [0.1, 0.15) is 18.9 Å². The van der Waals surface area contributed by atoms with E-state index >= 15 is 0 Å². The molecule has 1 aromatic carbocycles. The van der Waals surface area contributed by atoms with E-state index in [4.69, 9.17) is 11.6 Å². The lowest BCUT2D eigenvalue weighted by Crippen LogP contribution is -2.32. The zero-order chi connectivity index (χ0) is 13.6. The molecule has 102 valence electrons. The van der Waals surface area contributed by atoms with Crippen LogP contribution in [0.4, 0.5) is 0 Å². The van der Waals surface area contributed by atoms with Crippen LogP contribution in [0.3, 0.4) is 0 Å². The number of nitrogens with one attached hydrogen (secondary N) is 2. The van der Waals surface area contributed by atoms with Crippen LogP contribution >= 0.6 is 11.6 Å². The average Bonchev–Trinajstić information content (AvgIpc) is 2.32. The summed E-state index contributed by atoms with van der Waals surface area (Å²) in [6.07, 6.45) is 1.02. The fourth-order valence-electron chi connectivity index (χ4n) is 1.47. The topological polar surface area (TPSA) is 58.2 Å². The van der Waals surface area contributed by atoms with E-state index in [9.17, 15) is 8.42 Å². The molecule has 0 aliphatic rings. The lowest BCUT2D eigenvalue weighted by molar-refractivity contribution is 0.575. The second-order valence-electron chi connectivity index (χ2n) is 4.08. The highest BCUT2D eigenvalue weighted by molar-refractivity contribution is 7.89. The molecule has 0 unspecified atom stereocenters. The minimum absolute atomic E-state index is 0.139. The smallest absolute Gasteiger partial charge is 0.242 e. The Morgan fingerprint density at radius 2 is 1.94 bits per heavy atom. The summed E-state index contributed by atoms with van der Waals surface area (Å²) >= 11 is 5.91. The Morgan fingerprint density at radius 3 is 2.61 bits per heavy atom. The standard InChI is InChI=1S/C12H19ClN2O2S/c1-3-6-14-7-8-15-18(16,17)12-9-10(2)4-5-11(12)13/h4-5,9,14-15H,3,6-8H2,1-2H3. The summed E-state index contributed by atoms with van der Waals surface area (Å²) in [6, 6.07) is 4.95. The third-order valence-electron chi connectivity index (χ3n) is 2.40. The van der Waals surface area contributed by atoms with Crippen molar-refractivity contribution in [3.05, 3.63) is 28.8 Å². The van der Waals surface area contributed by atoms with Gasteiger partial charge in [-0.05, 0) is 37.6 Å². The molecule has 0 aliphatic heterocycles. The Morgan fingerprint density at radius 1 is 1.22 bits per heavy atom. The van der Waals surface area contributed by atoms with Crippen molar-refractivity contribution in [1.29, 1.82) is 0 Å². The maximum atomic E-state index is 12.0. The van der Waals surface area contributed by atoms with Gasteiger partial charge in [0.2, 0.25) is 10.0 Å². The number of hydrogen-bond acceptors (Lipinski definition) is 3. The molecule has 0 atom stereocenters. The van der Waals surface area contributed by atoms with E-state index in [0.29, 0.717) is 13.1 Å². The molecule has 2 N–H and O–H groups in total. The number of halogens is 1. The van der Waals surface area contributed by atoms with Crippen LogP contribution in [0.25, 0.3) is 0 Å². The molecule has 0 radical (unpaired) electrons. The SMILES string of the molecule is CCCNCCNS(=O)(=O)c1cc(C)ccc1Cl. The van der Waals surface area contributed by atoms with E-state index in [1.165, 1.54) is 0 Å². The van der Waals surface area contributed by atoms with Gasteiger partial charge < -0.3 is 5.32 Å². The molecule has 0 bridgehead atoms. The fourth-order valence-corrected chi connectivity index (χ4v) is 3.08. The van der Waals surface area contributed by atoms with E-state index in [1.54, 1.807) is 18.2 Å². The van der Waals surface area contributed by atoms with Crippen LogP contribution in [-0.2, 0) is 10.0 Å². The number of sulfonamides is 1. The van der Waals surface area contributed by atoms with Crippen molar-refractivity contribution in [2.24, 2.45) is 0 Å². The van der Waals surface area contributed by atoms with Gasteiger partial charge in [0.1, 0.15) is 4.90 Å². The highest BCUT2D eigenvalue weighted by Crippen LogP contribution is 2.21. The number of hydrogen-bond donors (Lipinski definition) is 2. The maximum absolute atomic E-state index is 12.0. The predicted molar refractivity (Wildman–Crippen MR) is 74.5 cm³/mol. The molecule has 0 saturated heterocycles. The van der Waals surface area contributed by atoms with E-state index in [2.05, 4.69) is 17.0 Å². The molecule has 0 aliphatic carbocycles. The lowest BCUT2D eigenvalue weighted by Gasteiger charge is -2.09. The van der Waals surface area contributed by atoms with Gasteiger partial charge in [0.25, 0.3) is 0 Å². The molecule has 0 saturated carbocycles. The predicted octanol–water partition coefficient (Wildman–Crippen LogP) is 1.93. The number of aryl methyl sites for hydroxylation is 1. The third kappa shape index (κ3) is 4.57. The largest absolute Gasteiger partial charge is 0.315 e. The highest BCUT2D eigenvalue weighted by atomic mass is 35.5. The van der Waals surface area contributed by atoms with Gasteiger partial charge in [-0.2, -0.15) is 0 Å². The van der Waals surface area contributed by atoms with Gasteiger partial charge in [-0.25, -0.2) is 13.1 Å². The molecule has 0 amide bonds. The minimum Gasteiger partial charge on any atom is -0.315 e. The quantitative estimate of drug-likeness (QED) is 0.755. The molecule has 1 rings (SSSR count). The molecule has 0 heterocycles. The fraction of sp³-hybridized carbons (Fsp3) is 0.500. The Balaban J connectivity index is 2.66. The van der Waals surface area contributed by atoms with Crippen LogP contribution in [-0.4, -0.2) is 28.1 Å². The van der Waals surface area contributed by atoms with Gasteiger partial charge in [-0.1, -0.05) is 24.6 Å². The second kappa shape index (κ2) is 7.09. The van der Waals surface area contributed by atoms with Crippen molar-refractivity contribution in [2.75, 3.05) is 19.6 Å². The lowest BCUT2D eigenvalue weighted by atomic mass is 10.2. The Kier molecular flexibility index (Phi) is 6.08. The molecule has 6 heteroatoms. The zero-order valence-corrected chi connectivity index (χ0v) is 12.2. The van der Waals surface area contributed by atoms with Crippen LogP contribution in [0.2, 0.25) is 5.02 Å². The zero-order valence-electron chi connectivity index (χ0n) is 10.7. The van der Waals surface area contributed by atoms with E-state index in [0.717, 1.165) is 18.5 Å². The molecule has 1 aromatic rings. The van der Waals surface area contributed by atoms with Crippen LogP contribution in [0.5, 0.6) is 0 Å². The average molecular weight is 291 g/mol. The molecule has 0 fully saturated rings. The van der Waals surface area contributed by atoms with E-state index < -0.39 is 10.0 Å². The van der Waals surface area contributed by atoms with Gasteiger partial charge in [0.15, 0.2) is 0 Å². The summed E-state index contributed by atoms with van der Waals surface area (Å²) in [4.78, 5) is 0.139. The first-order valence-corrected chi connectivity index (χ1v) is 7.80. The van der Waals surface area contributed by atoms with Gasteiger partial charge in [-0.3, -0.25) is 0 Å². The summed E-state index contributed by atoms with van der Waals surface area (Å²) in [5, 5.41) is 3.37. The Bertz CT molecular complexity index is 489. The van der Waals surface area contributed by atoms with Crippen molar-refractivity contribution in [1.82, 2.24) is 10.0 Å². The molecule has 18 heavy (non-hydrogen) atoms. The molecule has 0 spiro atoms. The first-order chi connectivity index (χ1) is 8.47. The molecule has 0 aromatic heterocycles. The monoisotopic (exact) mass is 290 g/mol. The van der Waals surface area contributed by atoms with Crippen molar-refractivity contribution in [3.63, 3.8) is 0 Å². The number of rotatable bonds is 7. The van der Waals surface area contributed by atoms with E-state index in [1.807, 2.05) is 6.92 Å². The van der Waals surface area contributed by atoms with E-state index in [-0.39, 0.29) is 9.92 Å². The number of benzene rings is 1. The van der Waals surface area contributed by atoms with Crippen LogP contribution in [0, 0.1) is 6.92 Å². The van der Waals surface area contributed by atoms with Crippen LogP contribution in [0.15, 0.2) is 23.1 Å². The Labute approximate surface area is 114 Å². The maximum Gasteiger partial charge on any atom is 0.242 e. The van der Waals surface area contributed by atoms with Gasteiger partial charge in [0, 0.05) is 13.1 Å². The van der Waals surface area contributed by atoms with Crippen molar-refractivity contribution in [2.45, 2.75) is 25.2 Å². The van der Waals surface area contributed by atoms with Crippen molar-refractivity contribution < 1.29 is 8.42 Å². The highest BCUT2D eigenvalue weighted by Gasteiger charge is 2.17. The molecule has 4 nitrogen and oxygen atoms in total. The van der Waals surface area contributed by atoms with Crippen molar-refractivity contribution in [3.8, 4) is 0 Å². The second-order valence-corrected chi connectivity index (χ2v) is 6.22. The Hall–Kier alpha value is -0.620. The van der Waals surface area contributed by atoms with Crippen LogP contribution < -0.4 is 10.0 Å². The summed E-state index contributed by atoms with van der Waals surface area (Å²) in [5.41, 5.74) is 0.865. The van der Waals surface area contributed by atoms with Gasteiger partial charge in [-0.15, -0.1) is 0 Å². The van der Waals surface area contributed by atoms with Gasteiger partial charge >= 0.3 is 0 Å². The summed E-state index contributed by atoms with van der Waals surface area (Å²) < 4.78 is 26.6. The van der Waals surface area contributed by atoms with Crippen molar-refractivity contribution >= 4 is 21.6 Å². The first-order valence-electron chi connectivity index (χ1n) is 5.94. The first kappa shape index (κ1) is 15.4. The normalized spacial score (nSPS) is 11.7. The summed E-state index contributed by atoms with van der Waals surface area (Å²) in [5.74, 6) is 0. The van der Waals surface area contributed by atoms with Gasteiger partial charge in [0.05, 0.1) is 5.02 Å². The molecular formula is C12H19ClN2O2S. The third-order valence-corrected chi connectivity index (χ3v) is 4.34. The minimum atomic E-state index is -3.52.